The van der Waals surface area contributed by atoms with Crippen molar-refractivity contribution < 1.29 is 9.21 Å². The Morgan fingerprint density at radius 2 is 2.00 bits per heavy atom. The normalized spacial score (nSPS) is 19.1. The Bertz CT molecular complexity index is 806. The van der Waals surface area contributed by atoms with E-state index in [-0.39, 0.29) is 18.1 Å². The summed E-state index contributed by atoms with van der Waals surface area (Å²) in [5.74, 6) is 2.96. The molecule has 0 aliphatic heterocycles. The molecule has 2 atom stereocenters. The molecule has 0 unspecified atom stereocenters. The third-order valence-corrected chi connectivity index (χ3v) is 4.50. The molecule has 24 heavy (non-hydrogen) atoms. The number of aromatic amines is 1. The van der Waals surface area contributed by atoms with Crippen LogP contribution in [0.2, 0.25) is 0 Å². The first-order valence-corrected chi connectivity index (χ1v) is 8.23. The summed E-state index contributed by atoms with van der Waals surface area (Å²) < 4.78 is 5.75. The van der Waals surface area contributed by atoms with Crippen LogP contribution < -0.4 is 16.2 Å². The number of carbonyl (C=O) groups excluding carboxylic acids is 1. The van der Waals surface area contributed by atoms with Crippen LogP contribution >= 0.6 is 0 Å². The van der Waals surface area contributed by atoms with E-state index in [0.29, 0.717) is 23.9 Å². The summed E-state index contributed by atoms with van der Waals surface area (Å²) in [4.78, 5) is 26.6. The Morgan fingerprint density at radius 3 is 2.67 bits per heavy atom. The quantitative estimate of drug-likeness (QED) is 0.788. The fourth-order valence-corrected chi connectivity index (χ4v) is 2.91. The van der Waals surface area contributed by atoms with Gasteiger partial charge in [0.1, 0.15) is 11.5 Å². The highest BCUT2D eigenvalue weighted by Gasteiger charge is 2.36. The third-order valence-electron chi connectivity index (χ3n) is 4.50. The zero-order valence-electron chi connectivity index (χ0n) is 14.2. The second-order valence-corrected chi connectivity index (χ2v) is 6.60. The van der Waals surface area contributed by atoms with Crippen molar-refractivity contribution in [3.05, 3.63) is 56.9 Å². The first kappa shape index (κ1) is 16.4. The number of aryl methyl sites for hydroxylation is 2. The molecule has 0 radical (unpaired) electrons. The maximum Gasteiger partial charge on any atom is 0.315 e. The highest BCUT2D eigenvalue weighted by Crippen LogP contribution is 2.47. The molecular weight excluding hydrogens is 306 g/mol. The van der Waals surface area contributed by atoms with Gasteiger partial charge in [-0.15, -0.1) is 0 Å². The van der Waals surface area contributed by atoms with Gasteiger partial charge in [-0.2, -0.15) is 0 Å². The van der Waals surface area contributed by atoms with Gasteiger partial charge in [0.15, 0.2) is 0 Å². The summed E-state index contributed by atoms with van der Waals surface area (Å²) >= 11 is 0. The van der Waals surface area contributed by atoms with Crippen molar-refractivity contribution in [2.45, 2.75) is 46.2 Å². The van der Waals surface area contributed by atoms with Crippen molar-refractivity contribution in [1.29, 1.82) is 0 Å². The number of urea groups is 1. The molecule has 2 heterocycles. The Labute approximate surface area is 140 Å². The first-order valence-electron chi connectivity index (χ1n) is 8.23. The van der Waals surface area contributed by atoms with Crippen molar-refractivity contribution in [2.75, 3.05) is 0 Å². The molecule has 2 aromatic heterocycles. The minimum Gasteiger partial charge on any atom is -0.464 e. The largest absolute Gasteiger partial charge is 0.464 e. The second kappa shape index (κ2) is 6.55. The average molecular weight is 329 g/mol. The summed E-state index contributed by atoms with van der Waals surface area (Å²) in [6.07, 6.45) is 1.17. The van der Waals surface area contributed by atoms with Crippen molar-refractivity contribution in [2.24, 2.45) is 5.92 Å². The second-order valence-electron chi connectivity index (χ2n) is 6.60. The topological polar surface area (TPSA) is 87.1 Å². The first-order chi connectivity index (χ1) is 11.4. The lowest BCUT2D eigenvalue weighted by atomic mass is 10.1. The molecule has 3 rings (SSSR count). The minimum atomic E-state index is -0.327. The van der Waals surface area contributed by atoms with Crippen LogP contribution in [0.3, 0.4) is 0 Å². The van der Waals surface area contributed by atoms with Gasteiger partial charge < -0.3 is 20.0 Å². The number of hydrogen-bond donors (Lipinski definition) is 3. The van der Waals surface area contributed by atoms with Crippen molar-refractivity contribution in [3.63, 3.8) is 0 Å². The maximum absolute atomic E-state index is 11.9. The lowest BCUT2D eigenvalue weighted by Gasteiger charge is -2.09. The number of furan rings is 1. The maximum atomic E-state index is 11.9. The third kappa shape index (κ3) is 3.69. The van der Waals surface area contributed by atoms with Crippen LogP contribution in [-0.2, 0) is 13.1 Å². The molecule has 1 aliphatic carbocycles. The van der Waals surface area contributed by atoms with Crippen LogP contribution in [-0.4, -0.2) is 11.0 Å². The lowest BCUT2D eigenvalue weighted by Crippen LogP contribution is -2.36. The van der Waals surface area contributed by atoms with Crippen molar-refractivity contribution >= 4 is 6.03 Å². The molecule has 3 N–H and O–H groups in total. The Morgan fingerprint density at radius 1 is 1.29 bits per heavy atom. The van der Waals surface area contributed by atoms with Crippen LogP contribution in [0.25, 0.3) is 0 Å². The molecule has 1 fully saturated rings. The SMILES string of the molecule is Cc1cc(C)c(CNC(=O)NCc2ccc([C@H]3C[C@H]3C)o2)c(=O)[nH]1. The molecule has 0 aromatic carbocycles. The van der Waals surface area contributed by atoms with Gasteiger partial charge in [-0.1, -0.05) is 6.92 Å². The zero-order chi connectivity index (χ0) is 17.3. The van der Waals surface area contributed by atoms with Crippen LogP contribution in [0.1, 0.15) is 47.6 Å². The van der Waals surface area contributed by atoms with E-state index in [2.05, 4.69) is 22.5 Å². The number of rotatable bonds is 5. The predicted octanol–water partition coefficient (Wildman–Crippen LogP) is 2.71. The summed E-state index contributed by atoms with van der Waals surface area (Å²) in [6.45, 7) is 6.42. The Balaban J connectivity index is 1.49. The van der Waals surface area contributed by atoms with Gasteiger partial charge in [0.25, 0.3) is 5.56 Å². The van der Waals surface area contributed by atoms with E-state index in [0.717, 1.165) is 22.8 Å². The lowest BCUT2D eigenvalue weighted by molar-refractivity contribution is 0.239. The van der Waals surface area contributed by atoms with E-state index in [1.165, 1.54) is 6.42 Å². The fraction of sp³-hybridized carbons (Fsp3) is 0.444. The fourth-order valence-electron chi connectivity index (χ4n) is 2.91. The van der Waals surface area contributed by atoms with Gasteiger partial charge >= 0.3 is 6.03 Å². The molecule has 0 bridgehead atoms. The Kier molecular flexibility index (Phi) is 4.46. The number of amides is 2. The predicted molar refractivity (Wildman–Crippen MR) is 90.8 cm³/mol. The number of aromatic nitrogens is 1. The van der Waals surface area contributed by atoms with Crippen molar-refractivity contribution in [3.8, 4) is 0 Å². The summed E-state index contributed by atoms with van der Waals surface area (Å²) in [5.41, 5.74) is 2.08. The van der Waals surface area contributed by atoms with Crippen LogP contribution in [0.15, 0.2) is 27.4 Å². The van der Waals surface area contributed by atoms with E-state index < -0.39 is 0 Å². The van der Waals surface area contributed by atoms with Crippen molar-refractivity contribution in [1.82, 2.24) is 15.6 Å². The molecule has 0 spiro atoms. The van der Waals surface area contributed by atoms with Gasteiger partial charge in [-0.25, -0.2) is 4.79 Å². The number of H-pyrrole nitrogens is 1. The highest BCUT2D eigenvalue weighted by molar-refractivity contribution is 5.73. The molecule has 6 heteroatoms. The zero-order valence-corrected chi connectivity index (χ0v) is 14.2. The standard InChI is InChI=1S/C18H23N3O3/c1-10-6-12(3)21-17(22)15(10)9-20-18(23)19-8-13-4-5-16(24-13)14-7-11(14)2/h4-6,11,14H,7-9H2,1-3H3,(H,21,22)(H2,19,20,23)/t11-,14+/m1/s1. The Hall–Kier alpha value is -2.50. The monoisotopic (exact) mass is 329 g/mol. The van der Waals surface area contributed by atoms with Gasteiger partial charge in [0, 0.05) is 17.2 Å². The number of hydrogen-bond acceptors (Lipinski definition) is 3. The molecule has 128 valence electrons. The van der Waals surface area contributed by atoms with Gasteiger partial charge in [0.05, 0.1) is 13.1 Å². The minimum absolute atomic E-state index is 0.165. The molecule has 1 aliphatic rings. The van der Waals surface area contributed by atoms with Crippen LogP contribution in [0.4, 0.5) is 4.79 Å². The molecular formula is C18H23N3O3. The average Bonchev–Trinajstić information content (AvgIpc) is 3.06. The number of pyridine rings is 1. The highest BCUT2D eigenvalue weighted by atomic mass is 16.3. The summed E-state index contributed by atoms with van der Waals surface area (Å²) in [7, 11) is 0. The smallest absolute Gasteiger partial charge is 0.315 e. The molecule has 0 saturated heterocycles. The molecule has 6 nitrogen and oxygen atoms in total. The number of nitrogens with one attached hydrogen (secondary N) is 3. The van der Waals surface area contributed by atoms with Gasteiger partial charge in [-0.05, 0) is 49.9 Å². The molecule has 1 saturated carbocycles. The van der Waals surface area contributed by atoms with Gasteiger partial charge in [-0.3, -0.25) is 4.79 Å². The van der Waals surface area contributed by atoms with Crippen LogP contribution in [0, 0.1) is 19.8 Å². The van der Waals surface area contributed by atoms with E-state index >= 15 is 0 Å². The van der Waals surface area contributed by atoms with E-state index in [4.69, 9.17) is 4.42 Å². The molecule has 2 amide bonds. The number of carbonyl (C=O) groups is 1. The van der Waals surface area contributed by atoms with E-state index in [9.17, 15) is 9.59 Å². The summed E-state index contributed by atoms with van der Waals surface area (Å²) in [5, 5.41) is 5.45. The van der Waals surface area contributed by atoms with E-state index in [1.54, 1.807) is 0 Å². The van der Waals surface area contributed by atoms with E-state index in [1.807, 2.05) is 32.0 Å². The van der Waals surface area contributed by atoms with Gasteiger partial charge in [0.2, 0.25) is 0 Å². The molecule has 2 aromatic rings. The van der Waals surface area contributed by atoms with Crippen LogP contribution in [0.5, 0.6) is 0 Å². The summed E-state index contributed by atoms with van der Waals surface area (Å²) in [6, 6.07) is 5.44.